The van der Waals surface area contributed by atoms with Crippen molar-refractivity contribution in [3.05, 3.63) is 28.0 Å². The first-order valence-corrected chi connectivity index (χ1v) is 6.04. The highest BCUT2D eigenvalue weighted by atomic mass is 35.5. The largest absolute Gasteiger partial charge is 0.325 e. The summed E-state index contributed by atoms with van der Waals surface area (Å²) in [4.78, 5) is 13.5. The van der Waals surface area contributed by atoms with Gasteiger partial charge < -0.3 is 10.2 Å². The molecule has 0 saturated carbocycles. The second-order valence-corrected chi connectivity index (χ2v) is 4.69. The van der Waals surface area contributed by atoms with Gasteiger partial charge in [-0.05, 0) is 25.0 Å². The number of carbonyl (C=O) groups is 1. The van der Waals surface area contributed by atoms with Crippen LogP contribution in [-0.2, 0) is 0 Å². The normalized spacial score (nSPS) is 15.1. The molecule has 2 amide bonds. The molecule has 1 saturated heterocycles. The molecule has 0 radical (unpaired) electrons. The monoisotopic (exact) mass is 276 g/mol. The van der Waals surface area contributed by atoms with Gasteiger partial charge in [0.15, 0.2) is 5.82 Å². The average Bonchev–Trinajstić information content (AvgIpc) is 2.79. The van der Waals surface area contributed by atoms with Gasteiger partial charge in [-0.3, -0.25) is 0 Å². The molecular formula is C11H11Cl2FN2O. The molecule has 1 aromatic rings. The standard InChI is InChI=1S/C11H11Cl2FN2O/c12-8-5-7(6-9(13)10(8)14)15-11(17)16-3-1-2-4-16/h5-6H,1-4H2,(H,15,17). The van der Waals surface area contributed by atoms with Gasteiger partial charge in [0.1, 0.15) is 0 Å². The van der Waals surface area contributed by atoms with Gasteiger partial charge >= 0.3 is 6.03 Å². The van der Waals surface area contributed by atoms with E-state index in [0.717, 1.165) is 25.9 Å². The molecule has 2 rings (SSSR count). The van der Waals surface area contributed by atoms with Crippen molar-refractivity contribution < 1.29 is 9.18 Å². The van der Waals surface area contributed by atoms with Crippen LogP contribution in [0.5, 0.6) is 0 Å². The van der Waals surface area contributed by atoms with E-state index < -0.39 is 5.82 Å². The molecule has 92 valence electrons. The summed E-state index contributed by atoms with van der Waals surface area (Å²) in [5.41, 5.74) is 0.401. The van der Waals surface area contributed by atoms with Crippen LogP contribution < -0.4 is 5.32 Å². The van der Waals surface area contributed by atoms with Crippen molar-refractivity contribution >= 4 is 34.9 Å². The Kier molecular flexibility index (Phi) is 3.74. The van der Waals surface area contributed by atoms with Gasteiger partial charge in [0, 0.05) is 18.8 Å². The maximum Gasteiger partial charge on any atom is 0.321 e. The molecule has 1 aliphatic rings. The van der Waals surface area contributed by atoms with E-state index in [-0.39, 0.29) is 16.1 Å². The Hall–Kier alpha value is -1.00. The Morgan fingerprint density at radius 3 is 2.29 bits per heavy atom. The minimum absolute atomic E-state index is 0.103. The summed E-state index contributed by atoms with van der Waals surface area (Å²) in [6, 6.07) is 2.48. The Labute approximate surface area is 108 Å². The van der Waals surface area contributed by atoms with Crippen LogP contribution in [0.2, 0.25) is 10.0 Å². The van der Waals surface area contributed by atoms with Gasteiger partial charge in [0.05, 0.1) is 10.0 Å². The molecule has 6 heteroatoms. The average molecular weight is 277 g/mol. The van der Waals surface area contributed by atoms with Crippen LogP contribution >= 0.6 is 23.2 Å². The molecule has 1 fully saturated rings. The highest BCUT2D eigenvalue weighted by Crippen LogP contribution is 2.27. The quantitative estimate of drug-likeness (QED) is 0.779. The van der Waals surface area contributed by atoms with Crippen molar-refractivity contribution in [3.63, 3.8) is 0 Å². The van der Waals surface area contributed by atoms with Crippen molar-refractivity contribution in [2.45, 2.75) is 12.8 Å². The number of likely N-dealkylation sites (tertiary alicyclic amines) is 1. The zero-order valence-corrected chi connectivity index (χ0v) is 10.5. The van der Waals surface area contributed by atoms with Gasteiger partial charge in [0.2, 0.25) is 0 Å². The van der Waals surface area contributed by atoms with Crippen molar-refractivity contribution in [2.24, 2.45) is 0 Å². The zero-order chi connectivity index (χ0) is 12.4. The lowest BCUT2D eigenvalue weighted by Crippen LogP contribution is -2.32. The second kappa shape index (κ2) is 5.10. The lowest BCUT2D eigenvalue weighted by atomic mass is 10.3. The third-order valence-corrected chi connectivity index (χ3v) is 3.18. The fourth-order valence-electron chi connectivity index (χ4n) is 1.75. The Morgan fingerprint density at radius 1 is 1.24 bits per heavy atom. The summed E-state index contributed by atoms with van der Waals surface area (Å²) < 4.78 is 13.2. The lowest BCUT2D eigenvalue weighted by Gasteiger charge is -2.16. The summed E-state index contributed by atoms with van der Waals surface area (Å²) in [7, 11) is 0. The van der Waals surface area contributed by atoms with Crippen LogP contribution in [0.1, 0.15) is 12.8 Å². The van der Waals surface area contributed by atoms with Crippen LogP contribution in [0.15, 0.2) is 12.1 Å². The molecule has 0 spiro atoms. The van der Waals surface area contributed by atoms with Crippen molar-refractivity contribution in [2.75, 3.05) is 18.4 Å². The van der Waals surface area contributed by atoms with E-state index in [4.69, 9.17) is 23.2 Å². The molecule has 0 bridgehead atoms. The molecule has 17 heavy (non-hydrogen) atoms. The van der Waals surface area contributed by atoms with E-state index >= 15 is 0 Å². The maximum atomic E-state index is 13.2. The third-order valence-electron chi connectivity index (χ3n) is 2.63. The minimum Gasteiger partial charge on any atom is -0.325 e. The molecule has 1 N–H and O–H groups in total. The van der Waals surface area contributed by atoms with Crippen LogP contribution in [0.3, 0.4) is 0 Å². The van der Waals surface area contributed by atoms with Crippen LogP contribution in [-0.4, -0.2) is 24.0 Å². The van der Waals surface area contributed by atoms with Crippen molar-refractivity contribution in [1.29, 1.82) is 0 Å². The summed E-state index contributed by atoms with van der Waals surface area (Å²) in [5, 5.41) is 2.44. The molecule has 1 aromatic carbocycles. The van der Waals surface area contributed by atoms with Gasteiger partial charge in [-0.1, -0.05) is 23.2 Å². The Morgan fingerprint density at radius 2 is 1.76 bits per heavy atom. The fraction of sp³-hybridized carbons (Fsp3) is 0.364. The van der Waals surface area contributed by atoms with Crippen molar-refractivity contribution in [1.82, 2.24) is 4.90 Å². The smallest absolute Gasteiger partial charge is 0.321 e. The zero-order valence-electron chi connectivity index (χ0n) is 8.97. The number of hydrogen-bond acceptors (Lipinski definition) is 1. The molecular weight excluding hydrogens is 266 g/mol. The van der Waals surface area contributed by atoms with E-state index in [1.165, 1.54) is 12.1 Å². The first-order chi connectivity index (χ1) is 8.08. The highest BCUT2D eigenvalue weighted by Gasteiger charge is 2.18. The molecule has 0 atom stereocenters. The van der Waals surface area contributed by atoms with Gasteiger partial charge in [-0.15, -0.1) is 0 Å². The fourth-order valence-corrected chi connectivity index (χ4v) is 2.24. The van der Waals surface area contributed by atoms with E-state index in [2.05, 4.69) is 5.32 Å². The van der Waals surface area contributed by atoms with E-state index in [9.17, 15) is 9.18 Å². The summed E-state index contributed by atoms with van der Waals surface area (Å²) in [6.07, 6.45) is 2.02. The van der Waals surface area contributed by atoms with Gasteiger partial charge in [0.25, 0.3) is 0 Å². The third kappa shape index (κ3) is 2.82. The van der Waals surface area contributed by atoms with E-state index in [1.807, 2.05) is 0 Å². The number of halogens is 3. The number of nitrogens with one attached hydrogen (secondary N) is 1. The number of hydrogen-bond donors (Lipinski definition) is 1. The second-order valence-electron chi connectivity index (χ2n) is 3.88. The first kappa shape index (κ1) is 12.5. The number of nitrogens with zero attached hydrogens (tertiary/aromatic N) is 1. The topological polar surface area (TPSA) is 32.3 Å². The number of amides is 2. The number of carbonyl (C=O) groups excluding carboxylic acids is 1. The molecule has 0 aromatic heterocycles. The predicted molar refractivity (Wildman–Crippen MR) is 66.2 cm³/mol. The van der Waals surface area contributed by atoms with Gasteiger partial charge in [-0.2, -0.15) is 0 Å². The number of anilines is 1. The number of urea groups is 1. The van der Waals surface area contributed by atoms with E-state index in [1.54, 1.807) is 4.90 Å². The van der Waals surface area contributed by atoms with Crippen LogP contribution in [0, 0.1) is 5.82 Å². The lowest BCUT2D eigenvalue weighted by molar-refractivity contribution is 0.222. The molecule has 3 nitrogen and oxygen atoms in total. The van der Waals surface area contributed by atoms with E-state index in [0.29, 0.717) is 5.69 Å². The van der Waals surface area contributed by atoms with Gasteiger partial charge in [-0.25, -0.2) is 9.18 Å². The summed E-state index contributed by atoms with van der Waals surface area (Å²) >= 11 is 11.3. The summed E-state index contributed by atoms with van der Waals surface area (Å²) in [5.74, 6) is -0.674. The first-order valence-electron chi connectivity index (χ1n) is 5.28. The number of rotatable bonds is 1. The SMILES string of the molecule is O=C(Nc1cc(Cl)c(F)c(Cl)c1)N1CCCC1. The molecule has 1 heterocycles. The molecule has 0 aliphatic carbocycles. The summed E-state index contributed by atoms with van der Waals surface area (Å²) in [6.45, 7) is 1.49. The molecule has 0 unspecified atom stereocenters. The predicted octanol–water partition coefficient (Wildman–Crippen LogP) is 3.76. The highest BCUT2D eigenvalue weighted by molar-refractivity contribution is 6.35. The van der Waals surface area contributed by atoms with Crippen LogP contribution in [0.4, 0.5) is 14.9 Å². The van der Waals surface area contributed by atoms with Crippen molar-refractivity contribution in [3.8, 4) is 0 Å². The number of benzene rings is 1. The molecule has 1 aliphatic heterocycles. The maximum absolute atomic E-state index is 13.2. The van der Waals surface area contributed by atoms with Crippen LogP contribution in [0.25, 0.3) is 0 Å². The Bertz CT molecular complexity index is 424. The Balaban J connectivity index is 2.10. The minimum atomic E-state index is -0.674.